The van der Waals surface area contributed by atoms with Crippen LogP contribution in [0, 0.1) is 12.8 Å². The summed E-state index contributed by atoms with van der Waals surface area (Å²) in [7, 11) is 0. The van der Waals surface area contributed by atoms with Gasteiger partial charge in [0.1, 0.15) is 5.82 Å². The average molecular weight is 424 g/mol. The lowest BCUT2D eigenvalue weighted by Gasteiger charge is -2.36. The maximum absolute atomic E-state index is 12.6. The number of nitrogens with one attached hydrogen (secondary N) is 1. The number of aromatic nitrogens is 1. The van der Waals surface area contributed by atoms with Gasteiger partial charge in [-0.15, -0.1) is 0 Å². The van der Waals surface area contributed by atoms with Gasteiger partial charge in [-0.3, -0.25) is 14.7 Å². The van der Waals surface area contributed by atoms with E-state index in [1.165, 1.54) is 11.1 Å². The molecule has 1 aromatic heterocycles. The van der Waals surface area contributed by atoms with Crippen LogP contribution in [0.1, 0.15) is 29.5 Å². The molecule has 6 nitrogen and oxygen atoms in total. The second-order valence-corrected chi connectivity index (χ2v) is 8.82. The Morgan fingerprint density at radius 2 is 2.03 bits per heavy atom. The first-order chi connectivity index (χ1) is 14.6. The van der Waals surface area contributed by atoms with E-state index < -0.39 is 0 Å². The van der Waals surface area contributed by atoms with Crippen molar-refractivity contribution in [2.24, 2.45) is 10.9 Å². The van der Waals surface area contributed by atoms with E-state index in [2.05, 4.69) is 39.2 Å². The molecule has 3 aliphatic heterocycles. The SMILES string of the molecule is Cc1cc(CN2CCN(c3ccc(Cl)cn3)CC2)cc2c1C1=NCCCC1C(=O)N2. The zero-order valence-corrected chi connectivity index (χ0v) is 18.0. The zero-order valence-electron chi connectivity index (χ0n) is 17.2. The van der Waals surface area contributed by atoms with E-state index in [0.29, 0.717) is 5.02 Å². The Bertz CT molecular complexity index is 995. The van der Waals surface area contributed by atoms with Crippen molar-refractivity contribution in [2.75, 3.05) is 42.9 Å². The zero-order chi connectivity index (χ0) is 20.7. The molecular weight excluding hydrogens is 398 g/mol. The Morgan fingerprint density at radius 1 is 1.20 bits per heavy atom. The normalized spacial score (nSPS) is 21.5. The number of piperazine rings is 1. The van der Waals surface area contributed by atoms with Crippen molar-refractivity contribution >= 4 is 34.7 Å². The molecule has 7 heteroatoms. The summed E-state index contributed by atoms with van der Waals surface area (Å²) in [6, 6.07) is 8.27. The van der Waals surface area contributed by atoms with Crippen molar-refractivity contribution in [3.05, 3.63) is 52.2 Å². The minimum absolute atomic E-state index is 0.0784. The number of pyridine rings is 1. The number of hydrogen-bond donors (Lipinski definition) is 1. The number of carbonyl (C=O) groups excluding carboxylic acids is 1. The second kappa shape index (κ2) is 8.00. The minimum atomic E-state index is -0.0784. The molecular formula is C23H26ClN5O. The molecule has 1 saturated heterocycles. The van der Waals surface area contributed by atoms with Crippen LogP contribution < -0.4 is 10.2 Å². The third kappa shape index (κ3) is 3.70. The summed E-state index contributed by atoms with van der Waals surface area (Å²) < 4.78 is 0. The van der Waals surface area contributed by atoms with E-state index in [4.69, 9.17) is 16.6 Å². The van der Waals surface area contributed by atoms with Gasteiger partial charge in [-0.2, -0.15) is 0 Å². The van der Waals surface area contributed by atoms with E-state index in [0.717, 1.165) is 74.9 Å². The lowest BCUT2D eigenvalue weighted by Crippen LogP contribution is -2.46. The van der Waals surface area contributed by atoms with Gasteiger partial charge in [0.2, 0.25) is 5.91 Å². The highest BCUT2D eigenvalue weighted by Gasteiger charge is 2.34. The number of amides is 1. The van der Waals surface area contributed by atoms with E-state index in [1.807, 2.05) is 12.1 Å². The third-order valence-electron chi connectivity index (χ3n) is 6.30. The lowest BCUT2D eigenvalue weighted by molar-refractivity contribution is -0.118. The number of anilines is 2. The molecule has 0 spiro atoms. The summed E-state index contributed by atoms with van der Waals surface area (Å²) in [6.45, 7) is 7.66. The molecule has 156 valence electrons. The molecule has 0 radical (unpaired) electrons. The van der Waals surface area contributed by atoms with E-state index >= 15 is 0 Å². The van der Waals surface area contributed by atoms with Crippen LogP contribution >= 0.6 is 11.6 Å². The van der Waals surface area contributed by atoms with Crippen LogP contribution in [0.4, 0.5) is 11.5 Å². The fraction of sp³-hybridized carbons (Fsp3) is 0.435. The molecule has 1 N–H and O–H groups in total. The van der Waals surface area contributed by atoms with Gasteiger partial charge in [-0.05, 0) is 49.1 Å². The number of rotatable bonds is 3. The first-order valence-corrected chi connectivity index (χ1v) is 11.0. The number of hydrogen-bond acceptors (Lipinski definition) is 5. The summed E-state index contributed by atoms with van der Waals surface area (Å²) >= 11 is 5.95. The minimum Gasteiger partial charge on any atom is -0.354 e. The third-order valence-corrected chi connectivity index (χ3v) is 6.53. The number of aliphatic imine (C=N–C) groups is 1. The highest BCUT2D eigenvalue weighted by atomic mass is 35.5. The van der Waals surface area contributed by atoms with Gasteiger partial charge in [0.05, 0.1) is 22.3 Å². The maximum atomic E-state index is 12.6. The summed E-state index contributed by atoms with van der Waals surface area (Å²) in [5.74, 6) is 1.00. The largest absolute Gasteiger partial charge is 0.354 e. The molecule has 1 fully saturated rings. The van der Waals surface area contributed by atoms with Crippen molar-refractivity contribution in [3.63, 3.8) is 0 Å². The quantitative estimate of drug-likeness (QED) is 0.820. The van der Waals surface area contributed by atoms with Gasteiger partial charge < -0.3 is 10.2 Å². The van der Waals surface area contributed by atoms with Crippen molar-refractivity contribution in [2.45, 2.75) is 26.3 Å². The van der Waals surface area contributed by atoms with Gasteiger partial charge in [-0.1, -0.05) is 17.7 Å². The fourth-order valence-electron chi connectivity index (χ4n) is 4.81. The number of nitrogens with zero attached hydrogens (tertiary/aromatic N) is 4. The Kier molecular flexibility index (Phi) is 5.21. The highest BCUT2D eigenvalue weighted by Crippen LogP contribution is 2.34. The number of carbonyl (C=O) groups is 1. The number of halogens is 1. The van der Waals surface area contributed by atoms with Gasteiger partial charge >= 0.3 is 0 Å². The average Bonchev–Trinajstić information content (AvgIpc) is 2.75. The summed E-state index contributed by atoms with van der Waals surface area (Å²) in [4.78, 5) is 26.5. The van der Waals surface area contributed by atoms with Crippen molar-refractivity contribution in [1.29, 1.82) is 0 Å². The molecule has 2 aromatic rings. The molecule has 4 heterocycles. The van der Waals surface area contributed by atoms with Crippen molar-refractivity contribution in [3.8, 4) is 0 Å². The van der Waals surface area contributed by atoms with Crippen molar-refractivity contribution < 1.29 is 4.79 Å². The molecule has 1 atom stereocenters. The molecule has 0 saturated carbocycles. The van der Waals surface area contributed by atoms with Gasteiger partial charge in [0.15, 0.2) is 0 Å². The predicted molar refractivity (Wildman–Crippen MR) is 121 cm³/mol. The summed E-state index contributed by atoms with van der Waals surface area (Å²) in [5, 5.41) is 3.81. The van der Waals surface area contributed by atoms with Gasteiger partial charge in [0.25, 0.3) is 0 Å². The number of fused-ring (bicyclic) bond motifs is 3. The van der Waals surface area contributed by atoms with Gasteiger partial charge in [0, 0.05) is 51.0 Å². The number of benzene rings is 1. The van der Waals surface area contributed by atoms with E-state index in [-0.39, 0.29) is 11.8 Å². The van der Waals surface area contributed by atoms with E-state index in [1.54, 1.807) is 6.20 Å². The van der Waals surface area contributed by atoms with Crippen LogP contribution in [0.2, 0.25) is 5.02 Å². The summed E-state index contributed by atoms with van der Waals surface area (Å²) in [6.07, 6.45) is 3.60. The Balaban J connectivity index is 1.29. The fourth-order valence-corrected chi connectivity index (χ4v) is 4.92. The van der Waals surface area contributed by atoms with Crippen LogP contribution in [0.5, 0.6) is 0 Å². The smallest absolute Gasteiger partial charge is 0.233 e. The monoisotopic (exact) mass is 423 g/mol. The van der Waals surface area contributed by atoms with Crippen LogP contribution in [0.3, 0.4) is 0 Å². The van der Waals surface area contributed by atoms with Crippen LogP contribution in [-0.4, -0.2) is 54.2 Å². The second-order valence-electron chi connectivity index (χ2n) is 8.38. The topological polar surface area (TPSA) is 60.8 Å². The predicted octanol–water partition coefficient (Wildman–Crippen LogP) is 3.52. The Hall–Kier alpha value is -2.44. The molecule has 1 unspecified atom stereocenters. The van der Waals surface area contributed by atoms with Gasteiger partial charge in [-0.25, -0.2) is 4.98 Å². The lowest BCUT2D eigenvalue weighted by atomic mass is 9.83. The van der Waals surface area contributed by atoms with Crippen molar-refractivity contribution in [1.82, 2.24) is 9.88 Å². The first kappa shape index (κ1) is 19.5. The Labute approximate surface area is 181 Å². The molecule has 30 heavy (non-hydrogen) atoms. The summed E-state index contributed by atoms with van der Waals surface area (Å²) in [5.41, 5.74) is 5.50. The highest BCUT2D eigenvalue weighted by molar-refractivity contribution is 6.30. The first-order valence-electron chi connectivity index (χ1n) is 10.7. The standard InChI is InChI=1S/C23H26ClN5O/c1-15-11-16(12-19-21(15)22-18(23(30)27-19)3-2-6-25-22)14-28-7-9-29(10-8-28)20-5-4-17(24)13-26-20/h4-5,11-13,18H,2-3,6-10,14H2,1H3,(H,27,30). The van der Waals surface area contributed by atoms with Crippen LogP contribution in [0.25, 0.3) is 0 Å². The molecule has 3 aliphatic rings. The molecule has 0 bridgehead atoms. The Morgan fingerprint density at radius 3 is 2.80 bits per heavy atom. The molecule has 5 rings (SSSR count). The molecule has 1 aromatic carbocycles. The number of aryl methyl sites for hydroxylation is 1. The van der Waals surface area contributed by atoms with E-state index in [9.17, 15) is 4.79 Å². The van der Waals surface area contributed by atoms with Crippen LogP contribution in [0.15, 0.2) is 35.5 Å². The van der Waals surface area contributed by atoms with Crippen LogP contribution in [-0.2, 0) is 11.3 Å². The molecule has 0 aliphatic carbocycles. The molecule has 1 amide bonds. The maximum Gasteiger partial charge on any atom is 0.233 e.